The Labute approximate surface area is 116 Å². The summed E-state index contributed by atoms with van der Waals surface area (Å²) >= 11 is 3.33. The SMILES string of the molecule is CN1CCN(C(=O)c2cccnc2Br)CC1(C)C. The summed E-state index contributed by atoms with van der Waals surface area (Å²) in [6, 6.07) is 3.60. The first kappa shape index (κ1) is 13.5. The van der Waals surface area contributed by atoms with Gasteiger partial charge in [0.05, 0.1) is 5.56 Å². The van der Waals surface area contributed by atoms with Crippen LogP contribution in [0, 0.1) is 0 Å². The van der Waals surface area contributed by atoms with Crippen LogP contribution in [0.25, 0.3) is 0 Å². The molecule has 0 N–H and O–H groups in total. The topological polar surface area (TPSA) is 36.4 Å². The van der Waals surface area contributed by atoms with Crippen molar-refractivity contribution in [1.82, 2.24) is 14.8 Å². The van der Waals surface area contributed by atoms with E-state index in [-0.39, 0.29) is 11.4 Å². The molecule has 0 atom stereocenters. The zero-order valence-corrected chi connectivity index (χ0v) is 12.6. The lowest BCUT2D eigenvalue weighted by Gasteiger charge is -2.45. The van der Waals surface area contributed by atoms with Crippen LogP contribution < -0.4 is 0 Å². The molecule has 1 aromatic rings. The third-order valence-electron chi connectivity index (χ3n) is 3.59. The molecule has 0 spiro atoms. The third kappa shape index (κ3) is 2.57. The van der Waals surface area contributed by atoms with Gasteiger partial charge in [-0.05, 0) is 49.0 Å². The molecule has 1 aliphatic heterocycles. The molecule has 1 fully saturated rings. The molecular weight excluding hydrogens is 294 g/mol. The van der Waals surface area contributed by atoms with E-state index in [0.29, 0.717) is 10.2 Å². The highest BCUT2D eigenvalue weighted by Gasteiger charge is 2.33. The van der Waals surface area contributed by atoms with Gasteiger partial charge in [0.1, 0.15) is 4.60 Å². The zero-order chi connectivity index (χ0) is 13.3. The first-order valence-corrected chi connectivity index (χ1v) is 6.82. The van der Waals surface area contributed by atoms with Crippen LogP contribution >= 0.6 is 15.9 Å². The summed E-state index contributed by atoms with van der Waals surface area (Å²) in [6.07, 6.45) is 1.68. The monoisotopic (exact) mass is 311 g/mol. The standard InChI is InChI=1S/C13H18BrN3O/c1-13(2)9-17(8-7-16(13)3)12(18)10-5-4-6-15-11(10)14/h4-6H,7-9H2,1-3H3. The minimum absolute atomic E-state index is 0.0165. The van der Waals surface area contributed by atoms with E-state index in [4.69, 9.17) is 0 Å². The van der Waals surface area contributed by atoms with Gasteiger partial charge in [0.2, 0.25) is 0 Å². The molecule has 5 heteroatoms. The van der Waals surface area contributed by atoms with Crippen molar-refractivity contribution in [2.75, 3.05) is 26.7 Å². The van der Waals surface area contributed by atoms with Gasteiger partial charge in [-0.15, -0.1) is 0 Å². The first-order valence-electron chi connectivity index (χ1n) is 6.03. The Bertz CT molecular complexity index is 461. The summed E-state index contributed by atoms with van der Waals surface area (Å²) in [6.45, 7) is 6.72. The predicted octanol–water partition coefficient (Wildman–Crippen LogP) is 2.01. The Morgan fingerprint density at radius 2 is 2.17 bits per heavy atom. The molecule has 2 rings (SSSR count). The normalized spacial score (nSPS) is 19.9. The quantitative estimate of drug-likeness (QED) is 0.744. The van der Waals surface area contributed by atoms with Gasteiger partial charge in [-0.25, -0.2) is 4.98 Å². The van der Waals surface area contributed by atoms with Crippen LogP contribution in [0.3, 0.4) is 0 Å². The summed E-state index contributed by atoms with van der Waals surface area (Å²) in [4.78, 5) is 20.7. The Kier molecular flexibility index (Phi) is 3.73. The zero-order valence-electron chi connectivity index (χ0n) is 11.0. The maximum atomic E-state index is 12.5. The van der Waals surface area contributed by atoms with Gasteiger partial charge in [-0.3, -0.25) is 9.69 Å². The predicted molar refractivity (Wildman–Crippen MR) is 74.5 cm³/mol. The second kappa shape index (κ2) is 4.97. The first-order chi connectivity index (χ1) is 8.42. The fourth-order valence-electron chi connectivity index (χ4n) is 2.13. The number of carbonyl (C=O) groups is 1. The second-order valence-electron chi connectivity index (χ2n) is 5.30. The number of rotatable bonds is 1. The number of nitrogens with zero attached hydrogens (tertiary/aromatic N) is 3. The van der Waals surface area contributed by atoms with Crippen LogP contribution in [0.4, 0.5) is 0 Å². The molecule has 0 unspecified atom stereocenters. The molecule has 4 nitrogen and oxygen atoms in total. The van der Waals surface area contributed by atoms with Crippen LogP contribution in [-0.2, 0) is 0 Å². The molecule has 1 amide bonds. The number of halogens is 1. The minimum atomic E-state index is 0.0165. The molecule has 0 bridgehead atoms. The number of pyridine rings is 1. The molecule has 1 aliphatic rings. The molecule has 18 heavy (non-hydrogen) atoms. The minimum Gasteiger partial charge on any atom is -0.335 e. The number of hydrogen-bond donors (Lipinski definition) is 0. The van der Waals surface area contributed by atoms with Crippen LogP contribution in [0.15, 0.2) is 22.9 Å². The molecule has 1 saturated heterocycles. The molecule has 0 aromatic carbocycles. The lowest BCUT2D eigenvalue weighted by Crippen LogP contribution is -2.58. The maximum Gasteiger partial charge on any atom is 0.256 e. The van der Waals surface area contributed by atoms with Gasteiger partial charge >= 0.3 is 0 Å². The molecule has 1 aromatic heterocycles. The molecule has 0 radical (unpaired) electrons. The van der Waals surface area contributed by atoms with Gasteiger partial charge < -0.3 is 4.90 Å². The number of hydrogen-bond acceptors (Lipinski definition) is 3. The van der Waals surface area contributed by atoms with Crippen molar-refractivity contribution in [3.05, 3.63) is 28.5 Å². The highest BCUT2D eigenvalue weighted by molar-refractivity contribution is 9.10. The summed E-state index contributed by atoms with van der Waals surface area (Å²) in [5, 5.41) is 0. The number of piperazine rings is 1. The van der Waals surface area contributed by atoms with Crippen LogP contribution in [0.2, 0.25) is 0 Å². The number of carbonyl (C=O) groups excluding carboxylic acids is 1. The van der Waals surface area contributed by atoms with Crippen molar-refractivity contribution >= 4 is 21.8 Å². The fourth-order valence-corrected chi connectivity index (χ4v) is 2.55. The largest absolute Gasteiger partial charge is 0.335 e. The Balaban J connectivity index is 2.18. The highest BCUT2D eigenvalue weighted by atomic mass is 79.9. The smallest absolute Gasteiger partial charge is 0.256 e. The van der Waals surface area contributed by atoms with Crippen LogP contribution in [0.5, 0.6) is 0 Å². The average Bonchev–Trinajstić information content (AvgIpc) is 2.32. The van der Waals surface area contributed by atoms with E-state index in [0.717, 1.165) is 19.6 Å². The summed E-state index contributed by atoms with van der Waals surface area (Å²) in [5.41, 5.74) is 0.653. The van der Waals surface area contributed by atoms with Gasteiger partial charge in [-0.1, -0.05) is 0 Å². The summed E-state index contributed by atoms with van der Waals surface area (Å²) in [5.74, 6) is 0.0520. The van der Waals surface area contributed by atoms with Crippen molar-refractivity contribution in [3.63, 3.8) is 0 Å². The molecule has 2 heterocycles. The fraction of sp³-hybridized carbons (Fsp3) is 0.538. The van der Waals surface area contributed by atoms with Crippen LogP contribution in [-0.4, -0.2) is 52.9 Å². The van der Waals surface area contributed by atoms with E-state index in [1.165, 1.54) is 0 Å². The van der Waals surface area contributed by atoms with Crippen molar-refractivity contribution in [2.45, 2.75) is 19.4 Å². The maximum absolute atomic E-state index is 12.5. The average molecular weight is 312 g/mol. The number of likely N-dealkylation sites (N-methyl/N-ethyl adjacent to an activating group) is 1. The van der Waals surface area contributed by atoms with E-state index in [9.17, 15) is 4.79 Å². The van der Waals surface area contributed by atoms with Gasteiger partial charge in [0.25, 0.3) is 5.91 Å². The van der Waals surface area contributed by atoms with E-state index >= 15 is 0 Å². The van der Waals surface area contributed by atoms with E-state index in [1.807, 2.05) is 11.0 Å². The molecular formula is C13H18BrN3O. The van der Waals surface area contributed by atoms with Crippen molar-refractivity contribution < 1.29 is 4.79 Å². The van der Waals surface area contributed by atoms with Gasteiger partial charge in [0.15, 0.2) is 0 Å². The highest BCUT2D eigenvalue weighted by Crippen LogP contribution is 2.22. The van der Waals surface area contributed by atoms with E-state index in [2.05, 4.69) is 46.7 Å². The second-order valence-corrected chi connectivity index (χ2v) is 6.05. The number of aromatic nitrogens is 1. The summed E-state index contributed by atoms with van der Waals surface area (Å²) < 4.78 is 0.617. The van der Waals surface area contributed by atoms with Gasteiger partial charge in [-0.2, -0.15) is 0 Å². The van der Waals surface area contributed by atoms with Crippen LogP contribution in [0.1, 0.15) is 24.2 Å². The van der Waals surface area contributed by atoms with Gasteiger partial charge in [0, 0.05) is 31.4 Å². The molecule has 98 valence electrons. The Hall–Kier alpha value is -0.940. The Morgan fingerprint density at radius 1 is 1.44 bits per heavy atom. The lowest BCUT2D eigenvalue weighted by atomic mass is 9.99. The summed E-state index contributed by atoms with van der Waals surface area (Å²) in [7, 11) is 2.10. The Morgan fingerprint density at radius 3 is 2.78 bits per heavy atom. The van der Waals surface area contributed by atoms with Crippen molar-refractivity contribution in [2.24, 2.45) is 0 Å². The van der Waals surface area contributed by atoms with E-state index in [1.54, 1.807) is 12.3 Å². The van der Waals surface area contributed by atoms with E-state index < -0.39 is 0 Å². The van der Waals surface area contributed by atoms with Crippen molar-refractivity contribution in [3.8, 4) is 0 Å². The molecule has 0 aliphatic carbocycles. The molecule has 0 saturated carbocycles. The number of amides is 1. The lowest BCUT2D eigenvalue weighted by molar-refractivity contribution is 0.0310. The third-order valence-corrected chi connectivity index (χ3v) is 4.23. The van der Waals surface area contributed by atoms with Crippen molar-refractivity contribution in [1.29, 1.82) is 0 Å².